The van der Waals surface area contributed by atoms with Gasteiger partial charge in [0.15, 0.2) is 0 Å². The summed E-state index contributed by atoms with van der Waals surface area (Å²) in [7, 11) is 0. The number of hydrogen-bond acceptors (Lipinski definition) is 5. The van der Waals surface area contributed by atoms with Gasteiger partial charge in [-0.25, -0.2) is 9.97 Å². The van der Waals surface area contributed by atoms with E-state index in [1.807, 2.05) is 11.3 Å². The van der Waals surface area contributed by atoms with Crippen molar-refractivity contribution in [3.8, 4) is 0 Å². The Morgan fingerprint density at radius 2 is 1.50 bits per heavy atom. The molecule has 0 N–H and O–H groups in total. The molecule has 1 fully saturated rings. The molecule has 0 spiro atoms. The first-order valence-corrected chi connectivity index (χ1v) is 11.5. The van der Waals surface area contributed by atoms with Gasteiger partial charge in [0.05, 0.1) is 5.39 Å². The van der Waals surface area contributed by atoms with E-state index in [9.17, 15) is 0 Å². The Morgan fingerprint density at radius 3 is 2.20 bits per heavy atom. The van der Waals surface area contributed by atoms with Gasteiger partial charge in [-0.05, 0) is 30.2 Å². The summed E-state index contributed by atoms with van der Waals surface area (Å²) >= 11 is 1.81. The van der Waals surface area contributed by atoms with Crippen LogP contribution >= 0.6 is 11.3 Å². The summed E-state index contributed by atoms with van der Waals surface area (Å²) in [6, 6.07) is 23.5. The molecule has 0 amide bonds. The number of rotatable bonds is 5. The second-order valence-electron chi connectivity index (χ2n) is 7.72. The number of aryl methyl sites for hydroxylation is 1. The molecule has 30 heavy (non-hydrogen) atoms. The number of hydrogen-bond donors (Lipinski definition) is 0. The fraction of sp³-hybridized carbons (Fsp3) is 0.280. The van der Waals surface area contributed by atoms with Gasteiger partial charge in [-0.3, -0.25) is 0 Å². The zero-order chi connectivity index (χ0) is 20.3. The molecule has 1 saturated heterocycles. The van der Waals surface area contributed by atoms with Crippen molar-refractivity contribution in [1.29, 1.82) is 0 Å². The molecule has 5 heteroatoms. The van der Waals surface area contributed by atoms with E-state index in [0.717, 1.165) is 55.5 Å². The quantitative estimate of drug-likeness (QED) is 0.451. The highest BCUT2D eigenvalue weighted by Gasteiger charge is 2.22. The maximum atomic E-state index is 5.07. The van der Waals surface area contributed by atoms with E-state index in [4.69, 9.17) is 9.97 Å². The van der Waals surface area contributed by atoms with Crippen molar-refractivity contribution in [2.45, 2.75) is 19.8 Å². The zero-order valence-electron chi connectivity index (χ0n) is 17.3. The van der Waals surface area contributed by atoms with Crippen molar-refractivity contribution < 1.29 is 0 Å². The van der Waals surface area contributed by atoms with Gasteiger partial charge in [-0.2, -0.15) is 0 Å². The number of nitrogens with zero attached hydrogens (tertiary/aromatic N) is 4. The Labute approximate surface area is 181 Å². The molecule has 0 saturated carbocycles. The Bertz CT molecular complexity index is 1120. The number of piperazine rings is 1. The van der Waals surface area contributed by atoms with Crippen molar-refractivity contribution in [3.63, 3.8) is 0 Å². The van der Waals surface area contributed by atoms with E-state index in [2.05, 4.69) is 83.5 Å². The number of fused-ring (bicyclic) bond motifs is 1. The van der Waals surface area contributed by atoms with Gasteiger partial charge >= 0.3 is 0 Å². The monoisotopic (exact) mass is 414 g/mol. The number of aromatic nitrogens is 2. The molecule has 152 valence electrons. The normalized spacial score (nSPS) is 14.4. The van der Waals surface area contributed by atoms with Crippen LogP contribution in [0, 0.1) is 0 Å². The highest BCUT2D eigenvalue weighted by molar-refractivity contribution is 7.18. The lowest BCUT2D eigenvalue weighted by molar-refractivity contribution is 0.647. The maximum Gasteiger partial charge on any atom is 0.141 e. The lowest BCUT2D eigenvalue weighted by Gasteiger charge is -2.37. The van der Waals surface area contributed by atoms with Gasteiger partial charge in [0, 0.05) is 43.2 Å². The van der Waals surface area contributed by atoms with Crippen LogP contribution in [0.25, 0.3) is 10.2 Å². The first-order valence-electron chi connectivity index (χ1n) is 10.7. The molecule has 0 unspecified atom stereocenters. The number of benzene rings is 2. The topological polar surface area (TPSA) is 32.3 Å². The highest BCUT2D eigenvalue weighted by Crippen LogP contribution is 2.32. The van der Waals surface area contributed by atoms with Crippen LogP contribution in [0.1, 0.15) is 23.2 Å². The largest absolute Gasteiger partial charge is 0.368 e. The summed E-state index contributed by atoms with van der Waals surface area (Å²) in [6.07, 6.45) is 1.81. The average Bonchev–Trinajstić information content (AvgIpc) is 3.23. The molecule has 4 aromatic rings. The van der Waals surface area contributed by atoms with E-state index >= 15 is 0 Å². The van der Waals surface area contributed by atoms with Crippen molar-refractivity contribution in [2.75, 3.05) is 36.0 Å². The minimum absolute atomic E-state index is 0.771. The predicted molar refractivity (Wildman–Crippen MR) is 127 cm³/mol. The second kappa shape index (κ2) is 8.44. The summed E-state index contributed by atoms with van der Waals surface area (Å²) in [5, 5.41) is 1.21. The maximum absolute atomic E-state index is 5.07. The molecule has 4 nitrogen and oxygen atoms in total. The van der Waals surface area contributed by atoms with E-state index in [1.165, 1.54) is 21.5 Å². The van der Waals surface area contributed by atoms with Gasteiger partial charge in [0.2, 0.25) is 0 Å². The number of thiophene rings is 1. The molecule has 3 heterocycles. The van der Waals surface area contributed by atoms with Crippen molar-refractivity contribution in [1.82, 2.24) is 9.97 Å². The van der Waals surface area contributed by atoms with E-state index in [0.29, 0.717) is 0 Å². The van der Waals surface area contributed by atoms with Crippen LogP contribution in [0.5, 0.6) is 0 Å². The van der Waals surface area contributed by atoms with Crippen molar-refractivity contribution in [3.05, 3.63) is 83.0 Å². The molecular weight excluding hydrogens is 388 g/mol. The summed E-state index contributed by atoms with van der Waals surface area (Å²) in [5.74, 6) is 2.02. The predicted octanol–water partition coefficient (Wildman–Crippen LogP) is 5.17. The van der Waals surface area contributed by atoms with Gasteiger partial charge in [-0.1, -0.05) is 55.5 Å². The molecule has 0 aliphatic carbocycles. The van der Waals surface area contributed by atoms with Gasteiger partial charge in [0.1, 0.15) is 16.5 Å². The first kappa shape index (κ1) is 19.1. The van der Waals surface area contributed by atoms with Crippen LogP contribution < -0.4 is 9.80 Å². The molecule has 1 aliphatic heterocycles. The SMILES string of the molecule is CCc1cc2c(N3CCN(c4ccccc4)CC3)nc(Cc3ccccc3)nc2s1. The van der Waals surface area contributed by atoms with E-state index in [-0.39, 0.29) is 0 Å². The van der Waals surface area contributed by atoms with Crippen LogP contribution in [0.15, 0.2) is 66.7 Å². The van der Waals surface area contributed by atoms with Crippen LogP contribution in [0.3, 0.4) is 0 Å². The molecule has 0 radical (unpaired) electrons. The first-order chi connectivity index (χ1) is 14.8. The molecule has 2 aromatic carbocycles. The Kier molecular flexibility index (Phi) is 5.37. The fourth-order valence-electron chi connectivity index (χ4n) is 4.09. The smallest absolute Gasteiger partial charge is 0.141 e. The van der Waals surface area contributed by atoms with Gasteiger partial charge in [-0.15, -0.1) is 11.3 Å². The second-order valence-corrected chi connectivity index (χ2v) is 8.84. The average molecular weight is 415 g/mol. The van der Waals surface area contributed by atoms with Gasteiger partial charge < -0.3 is 9.80 Å². The Balaban J connectivity index is 1.44. The Hall–Kier alpha value is -2.92. The minimum atomic E-state index is 0.771. The lowest BCUT2D eigenvalue weighted by Crippen LogP contribution is -2.47. The molecule has 1 aliphatic rings. The van der Waals surface area contributed by atoms with E-state index in [1.54, 1.807) is 0 Å². The van der Waals surface area contributed by atoms with E-state index < -0.39 is 0 Å². The Morgan fingerprint density at radius 1 is 0.833 bits per heavy atom. The van der Waals surface area contributed by atoms with Crippen molar-refractivity contribution in [2.24, 2.45) is 0 Å². The third kappa shape index (κ3) is 3.90. The van der Waals surface area contributed by atoms with Crippen LogP contribution in [0.4, 0.5) is 11.5 Å². The van der Waals surface area contributed by atoms with Crippen LogP contribution in [-0.2, 0) is 12.8 Å². The highest BCUT2D eigenvalue weighted by atomic mass is 32.1. The summed E-state index contributed by atoms with van der Waals surface area (Å²) in [6.45, 7) is 6.18. The number of para-hydroxylation sites is 1. The van der Waals surface area contributed by atoms with Crippen LogP contribution in [-0.4, -0.2) is 36.1 Å². The van der Waals surface area contributed by atoms with Crippen molar-refractivity contribution >= 4 is 33.1 Å². The summed E-state index contributed by atoms with van der Waals surface area (Å²) < 4.78 is 0. The molecular formula is C25H26N4S. The third-order valence-electron chi connectivity index (χ3n) is 5.72. The summed E-state index contributed by atoms with van der Waals surface area (Å²) in [4.78, 5) is 17.4. The molecule has 2 aromatic heterocycles. The third-order valence-corrected chi connectivity index (χ3v) is 6.90. The lowest BCUT2D eigenvalue weighted by atomic mass is 10.1. The molecule has 0 atom stereocenters. The van der Waals surface area contributed by atoms with Crippen LogP contribution in [0.2, 0.25) is 0 Å². The van der Waals surface area contributed by atoms with Gasteiger partial charge in [0.25, 0.3) is 0 Å². The summed E-state index contributed by atoms with van der Waals surface area (Å²) in [5.41, 5.74) is 2.56. The molecule has 5 rings (SSSR count). The standard InChI is InChI=1S/C25H26N4S/c1-2-21-18-22-24(29-15-13-28(14-16-29)20-11-7-4-8-12-20)26-23(27-25(22)30-21)17-19-9-5-3-6-10-19/h3-12,18H,2,13-17H2,1H3. The zero-order valence-corrected chi connectivity index (χ0v) is 18.1. The molecule has 0 bridgehead atoms. The fourth-order valence-corrected chi connectivity index (χ4v) is 5.07. The minimum Gasteiger partial charge on any atom is -0.368 e. The number of anilines is 2.